The quantitative estimate of drug-likeness (QED) is 0.653. The minimum Gasteiger partial charge on any atom is -0.496 e. The van der Waals surface area contributed by atoms with Gasteiger partial charge in [-0.1, -0.05) is 19.1 Å². The third-order valence-corrected chi connectivity index (χ3v) is 5.72. The fourth-order valence-electron chi connectivity index (χ4n) is 3.63. The molecular formula is C22H26N4O3. The average Bonchev–Trinajstić information content (AvgIpc) is 3.28. The summed E-state index contributed by atoms with van der Waals surface area (Å²) < 4.78 is 11.2. The van der Waals surface area contributed by atoms with Gasteiger partial charge in [0.1, 0.15) is 23.2 Å². The zero-order valence-corrected chi connectivity index (χ0v) is 17.4. The number of hydrogen-bond acceptors (Lipinski definition) is 6. The minimum absolute atomic E-state index is 0.0292. The Hall–Kier alpha value is -3.09. The number of anilines is 1. The SMILES string of the molecule is COc1ccc(C(C)c2nc(NC3(C)CC3)c3c(C(N)=O)c(C)oc3n2)cc1C. The smallest absolute Gasteiger partial charge is 0.253 e. The van der Waals surface area contributed by atoms with Gasteiger partial charge >= 0.3 is 0 Å². The highest BCUT2D eigenvalue weighted by molar-refractivity contribution is 6.09. The number of aromatic nitrogens is 2. The molecular weight excluding hydrogens is 368 g/mol. The lowest BCUT2D eigenvalue weighted by atomic mass is 9.98. The normalized spacial score (nSPS) is 15.9. The number of nitrogens with two attached hydrogens (primary N) is 1. The van der Waals surface area contributed by atoms with Crippen molar-refractivity contribution >= 4 is 22.8 Å². The van der Waals surface area contributed by atoms with Gasteiger partial charge in [0.2, 0.25) is 5.71 Å². The van der Waals surface area contributed by atoms with Crippen LogP contribution in [0.2, 0.25) is 0 Å². The van der Waals surface area contributed by atoms with Crippen LogP contribution in [0.1, 0.15) is 65.7 Å². The number of furan rings is 1. The number of hydrogen-bond donors (Lipinski definition) is 2. The van der Waals surface area contributed by atoms with E-state index in [1.165, 1.54) is 0 Å². The van der Waals surface area contributed by atoms with E-state index in [2.05, 4.69) is 30.2 Å². The van der Waals surface area contributed by atoms with E-state index in [1.54, 1.807) is 14.0 Å². The van der Waals surface area contributed by atoms with E-state index < -0.39 is 5.91 Å². The molecule has 1 atom stereocenters. The zero-order valence-electron chi connectivity index (χ0n) is 17.4. The molecule has 7 nitrogen and oxygen atoms in total. The highest BCUT2D eigenvalue weighted by Gasteiger charge is 2.39. The highest BCUT2D eigenvalue weighted by Crippen LogP contribution is 2.41. The van der Waals surface area contributed by atoms with Crippen molar-refractivity contribution in [2.24, 2.45) is 5.73 Å². The first kappa shape index (κ1) is 19.2. The molecule has 4 rings (SSSR count). The van der Waals surface area contributed by atoms with Gasteiger partial charge in [0, 0.05) is 11.5 Å². The Bertz CT molecular complexity index is 1110. The Labute approximate surface area is 169 Å². The number of amides is 1. The fraction of sp³-hybridized carbons (Fsp3) is 0.409. The van der Waals surface area contributed by atoms with Crippen LogP contribution in [0.3, 0.4) is 0 Å². The van der Waals surface area contributed by atoms with Gasteiger partial charge < -0.3 is 20.2 Å². The summed E-state index contributed by atoms with van der Waals surface area (Å²) >= 11 is 0. The molecule has 3 N–H and O–H groups in total. The maximum Gasteiger partial charge on any atom is 0.253 e. The van der Waals surface area contributed by atoms with Crippen LogP contribution < -0.4 is 15.8 Å². The molecule has 1 unspecified atom stereocenters. The molecule has 1 aliphatic carbocycles. The van der Waals surface area contributed by atoms with Crippen LogP contribution in [-0.2, 0) is 0 Å². The van der Waals surface area contributed by atoms with Crippen LogP contribution in [0, 0.1) is 13.8 Å². The topological polar surface area (TPSA) is 103 Å². The van der Waals surface area contributed by atoms with Crippen LogP contribution in [0.25, 0.3) is 11.1 Å². The molecule has 1 aromatic carbocycles. The lowest BCUT2D eigenvalue weighted by Gasteiger charge is -2.17. The predicted molar refractivity (Wildman–Crippen MR) is 112 cm³/mol. The Morgan fingerprint density at radius 3 is 2.62 bits per heavy atom. The van der Waals surface area contributed by atoms with Crippen LogP contribution in [-0.4, -0.2) is 28.5 Å². The fourth-order valence-corrected chi connectivity index (χ4v) is 3.63. The first-order chi connectivity index (χ1) is 13.7. The first-order valence-electron chi connectivity index (χ1n) is 9.76. The molecule has 2 heterocycles. The molecule has 29 heavy (non-hydrogen) atoms. The maximum atomic E-state index is 12.0. The Morgan fingerprint density at radius 2 is 2.03 bits per heavy atom. The van der Waals surface area contributed by atoms with E-state index in [-0.39, 0.29) is 11.5 Å². The molecule has 1 fully saturated rings. The summed E-state index contributed by atoms with van der Waals surface area (Å²) in [6, 6.07) is 6.04. The van der Waals surface area contributed by atoms with Gasteiger partial charge in [0.15, 0.2) is 0 Å². The minimum atomic E-state index is -0.541. The van der Waals surface area contributed by atoms with Gasteiger partial charge in [-0.2, -0.15) is 4.98 Å². The van der Waals surface area contributed by atoms with E-state index in [1.807, 2.05) is 19.1 Å². The summed E-state index contributed by atoms with van der Waals surface area (Å²) in [5.74, 6) is 1.91. The number of methoxy groups -OCH3 is 1. The number of nitrogens with zero attached hydrogens (tertiary/aromatic N) is 2. The van der Waals surface area contributed by atoms with Crippen molar-refractivity contribution in [3.63, 3.8) is 0 Å². The molecule has 1 amide bonds. The Balaban J connectivity index is 1.85. The summed E-state index contributed by atoms with van der Waals surface area (Å²) in [4.78, 5) is 21.5. The van der Waals surface area contributed by atoms with E-state index in [9.17, 15) is 4.79 Å². The lowest BCUT2D eigenvalue weighted by Crippen LogP contribution is -2.20. The van der Waals surface area contributed by atoms with Gasteiger partial charge in [-0.25, -0.2) is 4.98 Å². The average molecular weight is 394 g/mol. The second-order valence-electron chi connectivity index (χ2n) is 8.14. The summed E-state index contributed by atoms with van der Waals surface area (Å²) in [5.41, 5.74) is 8.42. The monoisotopic (exact) mass is 394 g/mol. The number of fused-ring (bicyclic) bond motifs is 1. The van der Waals surface area contributed by atoms with Gasteiger partial charge in [-0.15, -0.1) is 0 Å². The molecule has 0 radical (unpaired) electrons. The molecule has 0 bridgehead atoms. The number of carbonyl (C=O) groups excluding carboxylic acids is 1. The number of aryl methyl sites for hydroxylation is 2. The molecule has 0 spiro atoms. The van der Waals surface area contributed by atoms with Crippen molar-refractivity contribution < 1.29 is 13.9 Å². The van der Waals surface area contributed by atoms with Crippen molar-refractivity contribution in [3.05, 3.63) is 46.5 Å². The summed E-state index contributed by atoms with van der Waals surface area (Å²) in [7, 11) is 1.66. The van der Waals surface area contributed by atoms with E-state index in [4.69, 9.17) is 19.9 Å². The molecule has 1 aliphatic rings. The molecule has 152 valence electrons. The Kier molecular flexibility index (Phi) is 4.48. The molecule has 0 saturated heterocycles. The maximum absolute atomic E-state index is 12.0. The van der Waals surface area contributed by atoms with Crippen molar-refractivity contribution in [2.75, 3.05) is 12.4 Å². The summed E-state index contributed by atoms with van der Waals surface area (Å²) in [6.07, 6.45) is 2.09. The van der Waals surface area contributed by atoms with E-state index >= 15 is 0 Å². The van der Waals surface area contributed by atoms with Gasteiger partial charge in [0.05, 0.1) is 18.1 Å². The van der Waals surface area contributed by atoms with Crippen LogP contribution in [0.4, 0.5) is 5.82 Å². The third-order valence-electron chi connectivity index (χ3n) is 5.72. The first-order valence-corrected chi connectivity index (χ1v) is 9.76. The largest absolute Gasteiger partial charge is 0.496 e. The van der Waals surface area contributed by atoms with Crippen molar-refractivity contribution in [2.45, 2.75) is 52.0 Å². The second kappa shape index (κ2) is 6.76. The van der Waals surface area contributed by atoms with Crippen LogP contribution in [0.15, 0.2) is 22.6 Å². The third kappa shape index (κ3) is 3.41. The standard InChI is InChI=1S/C22H26N4O3/c1-11-10-14(6-7-15(11)28-5)12(2)19-24-20(26-22(4)8-9-22)17-16(18(23)27)13(3)29-21(17)25-19/h6-7,10,12H,8-9H2,1-5H3,(H2,23,27)(H,24,25,26). The predicted octanol–water partition coefficient (Wildman–Crippen LogP) is 4.06. The number of ether oxygens (including phenoxy) is 1. The number of benzene rings is 1. The number of primary amides is 1. The summed E-state index contributed by atoms with van der Waals surface area (Å²) in [5, 5.41) is 4.04. The molecule has 3 aromatic rings. The van der Waals surface area contributed by atoms with Crippen molar-refractivity contribution in [1.29, 1.82) is 0 Å². The molecule has 0 aliphatic heterocycles. The highest BCUT2D eigenvalue weighted by atomic mass is 16.5. The van der Waals surface area contributed by atoms with Crippen molar-refractivity contribution in [3.8, 4) is 5.75 Å². The van der Waals surface area contributed by atoms with E-state index in [0.717, 1.165) is 29.7 Å². The van der Waals surface area contributed by atoms with Gasteiger partial charge in [-0.3, -0.25) is 4.79 Å². The molecule has 2 aromatic heterocycles. The number of nitrogens with one attached hydrogen (secondary N) is 1. The zero-order chi connectivity index (χ0) is 20.9. The van der Waals surface area contributed by atoms with Gasteiger partial charge in [-0.05, 0) is 50.8 Å². The number of rotatable bonds is 6. The van der Waals surface area contributed by atoms with E-state index in [0.29, 0.717) is 34.1 Å². The summed E-state index contributed by atoms with van der Waals surface area (Å²) in [6.45, 7) is 7.92. The second-order valence-corrected chi connectivity index (χ2v) is 8.14. The Morgan fingerprint density at radius 1 is 1.31 bits per heavy atom. The van der Waals surface area contributed by atoms with Crippen molar-refractivity contribution in [1.82, 2.24) is 9.97 Å². The molecule has 7 heteroatoms. The molecule has 1 saturated carbocycles. The van der Waals surface area contributed by atoms with Gasteiger partial charge in [0.25, 0.3) is 5.91 Å². The van der Waals surface area contributed by atoms with Crippen LogP contribution in [0.5, 0.6) is 5.75 Å². The number of carbonyl (C=O) groups is 1. The van der Waals surface area contributed by atoms with Crippen LogP contribution >= 0.6 is 0 Å². The lowest BCUT2D eigenvalue weighted by molar-refractivity contribution is 0.1000.